The van der Waals surface area contributed by atoms with Crippen LogP contribution in [-0.4, -0.2) is 31.8 Å². The molecule has 0 saturated heterocycles. The van der Waals surface area contributed by atoms with E-state index in [4.69, 9.17) is 0 Å². The van der Waals surface area contributed by atoms with Crippen LogP contribution < -0.4 is 10.2 Å². The summed E-state index contributed by atoms with van der Waals surface area (Å²) in [6.07, 6.45) is -0.401. The number of nitrogens with zero attached hydrogens (tertiary/aromatic N) is 1. The van der Waals surface area contributed by atoms with Crippen molar-refractivity contribution in [1.82, 2.24) is 5.32 Å². The lowest BCUT2D eigenvalue weighted by Crippen LogP contribution is -2.46. The quantitative estimate of drug-likeness (QED) is 0.721. The molecule has 0 bridgehead atoms. The Morgan fingerprint density at radius 3 is 2.87 bits per heavy atom. The molecule has 1 heterocycles. The molecule has 0 spiro atoms. The van der Waals surface area contributed by atoms with Crippen LogP contribution in [0.5, 0.6) is 0 Å². The number of rotatable bonds is 1. The van der Waals surface area contributed by atoms with Crippen molar-refractivity contribution < 1.29 is 5.11 Å². The zero-order valence-electron chi connectivity index (χ0n) is 9.49. The number of aliphatic hydroxyl groups is 1. The zero-order chi connectivity index (χ0) is 11.0. The lowest BCUT2D eigenvalue weighted by atomic mass is 9.94. The third-order valence-corrected chi connectivity index (χ3v) is 3.14. The molecule has 1 aromatic rings. The molecule has 3 nitrogen and oxygen atoms in total. The van der Waals surface area contributed by atoms with E-state index in [1.54, 1.807) is 0 Å². The fourth-order valence-electron chi connectivity index (χ4n) is 2.19. The van der Waals surface area contributed by atoms with E-state index in [9.17, 15) is 5.11 Å². The summed E-state index contributed by atoms with van der Waals surface area (Å²) in [6, 6.07) is 6.32. The Morgan fingerprint density at radius 1 is 1.47 bits per heavy atom. The molecule has 0 fully saturated rings. The van der Waals surface area contributed by atoms with Gasteiger partial charge in [0.05, 0.1) is 12.1 Å². The molecule has 1 aromatic carbocycles. The highest BCUT2D eigenvalue weighted by molar-refractivity contribution is 5.58. The van der Waals surface area contributed by atoms with E-state index in [2.05, 4.69) is 30.3 Å². The predicted molar refractivity (Wildman–Crippen MR) is 62.3 cm³/mol. The van der Waals surface area contributed by atoms with Gasteiger partial charge in [0.1, 0.15) is 0 Å². The second kappa shape index (κ2) is 3.83. The number of anilines is 1. The number of nitrogens with one attached hydrogen (secondary N) is 1. The van der Waals surface area contributed by atoms with Crippen molar-refractivity contribution in [1.29, 1.82) is 0 Å². The number of hydrogen-bond donors (Lipinski definition) is 2. The van der Waals surface area contributed by atoms with E-state index in [0.717, 1.165) is 17.8 Å². The zero-order valence-corrected chi connectivity index (χ0v) is 9.49. The summed E-state index contributed by atoms with van der Waals surface area (Å²) in [5.41, 5.74) is 3.40. The smallest absolute Gasteiger partial charge is 0.0980 e. The van der Waals surface area contributed by atoms with Gasteiger partial charge in [-0.05, 0) is 25.6 Å². The third kappa shape index (κ3) is 1.73. The van der Waals surface area contributed by atoms with Crippen LogP contribution in [0.3, 0.4) is 0 Å². The van der Waals surface area contributed by atoms with Gasteiger partial charge in [-0.25, -0.2) is 0 Å². The highest BCUT2D eigenvalue weighted by Gasteiger charge is 2.29. The van der Waals surface area contributed by atoms with Gasteiger partial charge in [0.25, 0.3) is 0 Å². The Balaban J connectivity index is 2.44. The molecule has 2 atom stereocenters. The number of fused-ring (bicyclic) bond motifs is 1. The molecule has 2 unspecified atom stereocenters. The Labute approximate surface area is 90.7 Å². The van der Waals surface area contributed by atoms with Crippen LogP contribution in [0, 0.1) is 6.92 Å². The Bertz CT molecular complexity index is 365. The molecule has 0 aliphatic carbocycles. The second-order valence-corrected chi connectivity index (χ2v) is 4.28. The lowest BCUT2D eigenvalue weighted by molar-refractivity contribution is 0.129. The van der Waals surface area contributed by atoms with Crippen molar-refractivity contribution in [3.8, 4) is 0 Å². The molecule has 2 N–H and O–H groups in total. The Kier molecular flexibility index (Phi) is 2.67. The van der Waals surface area contributed by atoms with Crippen molar-refractivity contribution >= 4 is 5.69 Å². The normalized spacial score (nSPS) is 25.2. The summed E-state index contributed by atoms with van der Waals surface area (Å²) >= 11 is 0. The Morgan fingerprint density at radius 2 is 2.20 bits per heavy atom. The lowest BCUT2D eigenvalue weighted by Gasteiger charge is -2.37. The van der Waals surface area contributed by atoms with Crippen LogP contribution in [-0.2, 0) is 0 Å². The van der Waals surface area contributed by atoms with E-state index >= 15 is 0 Å². The van der Waals surface area contributed by atoms with E-state index in [1.807, 2.05) is 19.2 Å². The van der Waals surface area contributed by atoms with Crippen LogP contribution in [0.15, 0.2) is 18.2 Å². The van der Waals surface area contributed by atoms with Crippen LogP contribution in [0.25, 0.3) is 0 Å². The standard InChI is InChI=1S/C12H18N2O/c1-8-4-5-9-11(6-8)14(3)7-10(13-2)12(9)15/h4-6,10,12-13,15H,7H2,1-3H3. The molecular weight excluding hydrogens is 188 g/mol. The van der Waals surface area contributed by atoms with Gasteiger partial charge in [0.15, 0.2) is 0 Å². The first-order valence-electron chi connectivity index (χ1n) is 5.30. The number of hydrogen-bond acceptors (Lipinski definition) is 3. The average Bonchev–Trinajstić information content (AvgIpc) is 2.23. The molecule has 0 aromatic heterocycles. The second-order valence-electron chi connectivity index (χ2n) is 4.28. The van der Waals surface area contributed by atoms with Gasteiger partial charge < -0.3 is 15.3 Å². The molecule has 15 heavy (non-hydrogen) atoms. The molecule has 0 radical (unpaired) electrons. The highest BCUT2D eigenvalue weighted by atomic mass is 16.3. The SMILES string of the molecule is CNC1CN(C)c2cc(C)ccc2C1O. The highest BCUT2D eigenvalue weighted by Crippen LogP contribution is 2.33. The van der Waals surface area contributed by atoms with Gasteiger partial charge >= 0.3 is 0 Å². The van der Waals surface area contributed by atoms with Crippen molar-refractivity contribution in [2.24, 2.45) is 0 Å². The van der Waals surface area contributed by atoms with Crippen LogP contribution in [0.2, 0.25) is 0 Å². The molecule has 3 heteroatoms. The van der Waals surface area contributed by atoms with Crippen LogP contribution >= 0.6 is 0 Å². The van der Waals surface area contributed by atoms with Gasteiger partial charge in [-0.1, -0.05) is 12.1 Å². The summed E-state index contributed by atoms with van der Waals surface area (Å²) < 4.78 is 0. The maximum atomic E-state index is 10.1. The minimum Gasteiger partial charge on any atom is -0.387 e. The largest absolute Gasteiger partial charge is 0.387 e. The predicted octanol–water partition coefficient (Wildman–Crippen LogP) is 1.07. The summed E-state index contributed by atoms with van der Waals surface area (Å²) in [6.45, 7) is 2.92. The summed E-state index contributed by atoms with van der Waals surface area (Å²) in [5, 5.41) is 13.3. The van der Waals surface area contributed by atoms with Gasteiger partial charge in [-0.15, -0.1) is 0 Å². The average molecular weight is 206 g/mol. The van der Waals surface area contributed by atoms with Crippen LogP contribution in [0.1, 0.15) is 17.2 Å². The Hall–Kier alpha value is -1.06. The molecule has 0 amide bonds. The minimum absolute atomic E-state index is 0.116. The van der Waals surface area contributed by atoms with Gasteiger partial charge in [0, 0.05) is 24.8 Å². The van der Waals surface area contributed by atoms with E-state index in [1.165, 1.54) is 5.56 Å². The first kappa shape index (κ1) is 10.5. The van der Waals surface area contributed by atoms with E-state index < -0.39 is 6.10 Å². The third-order valence-electron chi connectivity index (χ3n) is 3.14. The van der Waals surface area contributed by atoms with E-state index in [-0.39, 0.29) is 6.04 Å². The summed E-state index contributed by atoms with van der Waals surface area (Å²) in [5.74, 6) is 0. The molecule has 1 aliphatic rings. The van der Waals surface area contributed by atoms with Crippen molar-refractivity contribution in [2.75, 3.05) is 25.5 Å². The van der Waals surface area contributed by atoms with Crippen molar-refractivity contribution in [2.45, 2.75) is 19.1 Å². The van der Waals surface area contributed by atoms with Gasteiger partial charge in [-0.2, -0.15) is 0 Å². The topological polar surface area (TPSA) is 35.5 Å². The molecule has 2 rings (SSSR count). The van der Waals surface area contributed by atoms with Gasteiger partial charge in [0.2, 0.25) is 0 Å². The number of benzene rings is 1. The first-order chi connectivity index (χ1) is 7.13. The van der Waals surface area contributed by atoms with Crippen molar-refractivity contribution in [3.63, 3.8) is 0 Å². The maximum Gasteiger partial charge on any atom is 0.0980 e. The minimum atomic E-state index is -0.401. The summed E-state index contributed by atoms with van der Waals surface area (Å²) in [7, 11) is 3.95. The fraction of sp³-hybridized carbons (Fsp3) is 0.500. The van der Waals surface area contributed by atoms with Crippen LogP contribution in [0.4, 0.5) is 5.69 Å². The van der Waals surface area contributed by atoms with Gasteiger partial charge in [-0.3, -0.25) is 0 Å². The molecule has 0 saturated carbocycles. The fourth-order valence-corrected chi connectivity index (χ4v) is 2.19. The van der Waals surface area contributed by atoms with Crippen molar-refractivity contribution in [3.05, 3.63) is 29.3 Å². The summed E-state index contributed by atoms with van der Waals surface area (Å²) in [4.78, 5) is 2.19. The monoisotopic (exact) mass is 206 g/mol. The molecular formula is C12H18N2O. The number of aliphatic hydroxyl groups excluding tert-OH is 1. The number of aryl methyl sites for hydroxylation is 1. The number of likely N-dealkylation sites (N-methyl/N-ethyl adjacent to an activating group) is 2. The van der Waals surface area contributed by atoms with E-state index in [0.29, 0.717) is 0 Å². The maximum absolute atomic E-state index is 10.1. The first-order valence-corrected chi connectivity index (χ1v) is 5.30. The molecule has 82 valence electrons. The molecule has 1 aliphatic heterocycles.